The zero-order valence-electron chi connectivity index (χ0n) is 12.6. The molecule has 0 fully saturated rings. The monoisotopic (exact) mass is 279 g/mol. The normalized spacial score (nSPS) is 9.86. The topological polar surface area (TPSA) is 23.5 Å². The lowest BCUT2D eigenvalue weighted by Crippen LogP contribution is -2.16. The molecule has 0 saturated carbocycles. The molecule has 21 heavy (non-hydrogen) atoms. The van der Waals surface area contributed by atoms with Gasteiger partial charge in [0.05, 0.1) is 6.61 Å². The maximum Gasteiger partial charge on any atom is 0.0540 e. The minimum Gasteiger partial charge on any atom is -0.395 e. The zero-order valence-corrected chi connectivity index (χ0v) is 12.6. The lowest BCUT2D eigenvalue weighted by atomic mass is 10.1. The third kappa shape index (κ3) is 4.66. The van der Waals surface area contributed by atoms with E-state index < -0.39 is 0 Å². The molecule has 2 heteroatoms. The van der Waals surface area contributed by atoms with Gasteiger partial charge in [-0.2, -0.15) is 0 Å². The molecule has 2 rings (SSSR count). The van der Waals surface area contributed by atoms with Crippen LogP contribution in [0.25, 0.3) is 0 Å². The second-order valence-corrected chi connectivity index (χ2v) is 5.17. The first-order valence-corrected chi connectivity index (χ1v) is 7.15. The number of aryl methyl sites for hydroxylation is 1. The molecule has 0 aliphatic heterocycles. The Balaban J connectivity index is 2.09. The number of anilines is 1. The van der Waals surface area contributed by atoms with Crippen molar-refractivity contribution in [2.45, 2.75) is 19.9 Å². The summed E-state index contributed by atoms with van der Waals surface area (Å²) in [6, 6.07) is 16.7. The fourth-order valence-corrected chi connectivity index (χ4v) is 2.20. The number of aliphatic hydroxyl groups is 1. The van der Waals surface area contributed by atoms with E-state index in [0.717, 1.165) is 12.1 Å². The molecular formula is C19H21NO. The van der Waals surface area contributed by atoms with Gasteiger partial charge in [-0.25, -0.2) is 0 Å². The van der Waals surface area contributed by atoms with Gasteiger partial charge in [-0.3, -0.25) is 0 Å². The SMILES string of the molecule is Cc1cccc(N(C)Cc2cccc(C#CCCO)c2)c1. The van der Waals surface area contributed by atoms with Crippen molar-refractivity contribution in [3.63, 3.8) is 0 Å². The van der Waals surface area contributed by atoms with Crippen molar-refractivity contribution in [3.8, 4) is 11.8 Å². The Morgan fingerprint density at radius 2 is 1.90 bits per heavy atom. The highest BCUT2D eigenvalue weighted by Crippen LogP contribution is 2.17. The lowest BCUT2D eigenvalue weighted by Gasteiger charge is -2.20. The molecule has 0 radical (unpaired) electrons. The van der Waals surface area contributed by atoms with Crippen molar-refractivity contribution >= 4 is 5.69 Å². The summed E-state index contributed by atoms with van der Waals surface area (Å²) in [5, 5.41) is 8.76. The Bertz CT molecular complexity index is 652. The predicted molar refractivity (Wildman–Crippen MR) is 88.3 cm³/mol. The van der Waals surface area contributed by atoms with E-state index in [-0.39, 0.29) is 6.61 Å². The summed E-state index contributed by atoms with van der Waals surface area (Å²) in [6.07, 6.45) is 0.521. The summed E-state index contributed by atoms with van der Waals surface area (Å²) >= 11 is 0. The molecule has 0 aromatic heterocycles. The molecule has 0 atom stereocenters. The van der Waals surface area contributed by atoms with Crippen LogP contribution in [0.4, 0.5) is 5.69 Å². The summed E-state index contributed by atoms with van der Waals surface area (Å²) in [6.45, 7) is 3.07. The van der Waals surface area contributed by atoms with Gasteiger partial charge in [0.25, 0.3) is 0 Å². The van der Waals surface area contributed by atoms with E-state index in [1.54, 1.807) is 0 Å². The number of benzene rings is 2. The molecule has 108 valence electrons. The molecule has 0 amide bonds. The first kappa shape index (κ1) is 15.2. The summed E-state index contributed by atoms with van der Waals surface area (Å²) in [5.41, 5.74) is 4.71. The van der Waals surface area contributed by atoms with Crippen LogP contribution in [0, 0.1) is 18.8 Å². The number of nitrogens with zero attached hydrogens (tertiary/aromatic N) is 1. The number of rotatable bonds is 4. The van der Waals surface area contributed by atoms with Crippen LogP contribution in [0.15, 0.2) is 48.5 Å². The molecule has 0 heterocycles. The molecule has 0 unspecified atom stereocenters. The van der Waals surface area contributed by atoms with Crippen LogP contribution >= 0.6 is 0 Å². The van der Waals surface area contributed by atoms with E-state index in [2.05, 4.69) is 67.1 Å². The van der Waals surface area contributed by atoms with E-state index in [4.69, 9.17) is 5.11 Å². The quantitative estimate of drug-likeness (QED) is 0.867. The summed E-state index contributed by atoms with van der Waals surface area (Å²) < 4.78 is 0. The van der Waals surface area contributed by atoms with Gasteiger partial charge < -0.3 is 10.0 Å². The average molecular weight is 279 g/mol. The van der Waals surface area contributed by atoms with Crippen molar-refractivity contribution < 1.29 is 5.11 Å². The Kier molecular flexibility index (Phi) is 5.43. The zero-order chi connectivity index (χ0) is 15.1. The van der Waals surface area contributed by atoms with E-state index in [9.17, 15) is 0 Å². The van der Waals surface area contributed by atoms with Gasteiger partial charge in [-0.15, -0.1) is 0 Å². The average Bonchev–Trinajstić information content (AvgIpc) is 2.48. The minimum atomic E-state index is 0.114. The molecule has 0 spiro atoms. The molecule has 2 nitrogen and oxygen atoms in total. The van der Waals surface area contributed by atoms with Gasteiger partial charge in [0.1, 0.15) is 0 Å². The molecule has 0 aliphatic carbocycles. The maximum atomic E-state index is 8.76. The second-order valence-electron chi connectivity index (χ2n) is 5.17. The highest BCUT2D eigenvalue weighted by molar-refractivity contribution is 5.48. The molecule has 2 aromatic carbocycles. The smallest absolute Gasteiger partial charge is 0.0540 e. The first-order chi connectivity index (χ1) is 10.2. The number of hydrogen-bond donors (Lipinski definition) is 1. The molecule has 0 aliphatic rings. The van der Waals surface area contributed by atoms with E-state index in [0.29, 0.717) is 6.42 Å². The van der Waals surface area contributed by atoms with Crippen LogP contribution in [-0.2, 0) is 6.54 Å². The predicted octanol–water partition coefficient (Wildman–Crippen LogP) is 3.37. The van der Waals surface area contributed by atoms with Crippen LogP contribution in [-0.4, -0.2) is 18.8 Å². The van der Waals surface area contributed by atoms with Gasteiger partial charge in [-0.05, 0) is 42.3 Å². The first-order valence-electron chi connectivity index (χ1n) is 7.15. The fourth-order valence-electron chi connectivity index (χ4n) is 2.20. The van der Waals surface area contributed by atoms with Crippen molar-refractivity contribution in [3.05, 3.63) is 65.2 Å². The van der Waals surface area contributed by atoms with Crippen molar-refractivity contribution in [1.29, 1.82) is 0 Å². The summed E-state index contributed by atoms with van der Waals surface area (Å²) in [4.78, 5) is 2.23. The van der Waals surface area contributed by atoms with E-state index in [1.165, 1.54) is 16.8 Å². The third-order valence-electron chi connectivity index (χ3n) is 3.26. The Morgan fingerprint density at radius 1 is 1.10 bits per heavy atom. The second kappa shape index (κ2) is 7.52. The summed E-state index contributed by atoms with van der Waals surface area (Å²) in [7, 11) is 2.10. The summed E-state index contributed by atoms with van der Waals surface area (Å²) in [5.74, 6) is 6.04. The molecule has 0 saturated heterocycles. The Morgan fingerprint density at radius 3 is 2.67 bits per heavy atom. The maximum absolute atomic E-state index is 8.76. The van der Waals surface area contributed by atoms with Gasteiger partial charge in [0, 0.05) is 31.3 Å². The van der Waals surface area contributed by atoms with Crippen molar-refractivity contribution in [1.82, 2.24) is 0 Å². The molecular weight excluding hydrogens is 258 g/mol. The van der Waals surface area contributed by atoms with Crippen LogP contribution in [0.3, 0.4) is 0 Å². The van der Waals surface area contributed by atoms with Gasteiger partial charge in [0.2, 0.25) is 0 Å². The molecule has 1 N–H and O–H groups in total. The minimum absolute atomic E-state index is 0.114. The lowest BCUT2D eigenvalue weighted by molar-refractivity contribution is 0.305. The van der Waals surface area contributed by atoms with Crippen LogP contribution < -0.4 is 4.90 Å². The van der Waals surface area contributed by atoms with Gasteiger partial charge >= 0.3 is 0 Å². The molecule has 2 aromatic rings. The third-order valence-corrected chi connectivity index (χ3v) is 3.26. The Labute approximate surface area is 127 Å². The van der Waals surface area contributed by atoms with Crippen LogP contribution in [0.1, 0.15) is 23.1 Å². The highest BCUT2D eigenvalue weighted by atomic mass is 16.2. The number of aliphatic hydroxyl groups excluding tert-OH is 1. The van der Waals surface area contributed by atoms with Crippen LogP contribution in [0.2, 0.25) is 0 Å². The van der Waals surface area contributed by atoms with Crippen molar-refractivity contribution in [2.24, 2.45) is 0 Å². The van der Waals surface area contributed by atoms with Crippen molar-refractivity contribution in [2.75, 3.05) is 18.6 Å². The van der Waals surface area contributed by atoms with Crippen LogP contribution in [0.5, 0.6) is 0 Å². The standard InChI is InChI=1S/C19H21NO/c1-16-7-5-11-19(13-16)20(2)15-18-10-6-9-17(14-18)8-3-4-12-21/h5-7,9-11,13-14,21H,4,12,15H2,1-2H3. The highest BCUT2D eigenvalue weighted by Gasteiger charge is 2.02. The van der Waals surface area contributed by atoms with Gasteiger partial charge in [0.15, 0.2) is 0 Å². The largest absolute Gasteiger partial charge is 0.395 e. The van der Waals surface area contributed by atoms with E-state index >= 15 is 0 Å². The Hall–Kier alpha value is -2.24. The number of hydrogen-bond acceptors (Lipinski definition) is 2. The van der Waals surface area contributed by atoms with Gasteiger partial charge in [-0.1, -0.05) is 36.1 Å². The van der Waals surface area contributed by atoms with E-state index in [1.807, 2.05) is 12.1 Å². The fraction of sp³-hybridized carbons (Fsp3) is 0.263. The molecule has 0 bridgehead atoms.